The van der Waals surface area contributed by atoms with Crippen LogP contribution in [-0.4, -0.2) is 63.6 Å². The van der Waals surface area contributed by atoms with Crippen molar-refractivity contribution in [1.29, 1.82) is 0 Å². The fourth-order valence-corrected chi connectivity index (χ4v) is 5.26. The van der Waals surface area contributed by atoms with Gasteiger partial charge in [-0.3, -0.25) is 4.79 Å². The number of piperidine rings is 1. The van der Waals surface area contributed by atoms with Gasteiger partial charge in [0.25, 0.3) is 5.91 Å². The number of benzene rings is 1. The SMILES string of the molecule is CN1CCC2(CC1)CN(c1cc(C(=O)Nc3cc4cc(-c5cncn5C)ccc4cn3)ccn1)C2. The highest BCUT2D eigenvalue weighted by atomic mass is 16.1. The Balaban J connectivity index is 1.17. The third kappa shape index (κ3) is 4.14. The molecule has 0 aliphatic carbocycles. The zero-order valence-corrected chi connectivity index (χ0v) is 20.1. The molecule has 0 bridgehead atoms. The summed E-state index contributed by atoms with van der Waals surface area (Å²) in [6.07, 6.45) is 9.61. The minimum Gasteiger partial charge on any atom is -0.355 e. The maximum atomic E-state index is 13.0. The summed E-state index contributed by atoms with van der Waals surface area (Å²) in [7, 11) is 4.17. The highest BCUT2D eigenvalue weighted by Crippen LogP contribution is 2.41. The monoisotopic (exact) mass is 467 g/mol. The maximum absolute atomic E-state index is 13.0. The number of likely N-dealkylation sites (tertiary alicyclic amines) is 1. The largest absolute Gasteiger partial charge is 0.355 e. The summed E-state index contributed by atoms with van der Waals surface area (Å²) in [6, 6.07) is 11.7. The van der Waals surface area contributed by atoms with Gasteiger partial charge in [0.15, 0.2) is 0 Å². The first-order chi connectivity index (χ1) is 17.0. The summed E-state index contributed by atoms with van der Waals surface area (Å²) in [4.78, 5) is 30.9. The van der Waals surface area contributed by atoms with Gasteiger partial charge >= 0.3 is 0 Å². The minimum absolute atomic E-state index is 0.183. The molecule has 1 amide bonds. The summed E-state index contributed by atoms with van der Waals surface area (Å²) in [6.45, 7) is 4.35. The zero-order valence-electron chi connectivity index (χ0n) is 20.1. The molecule has 2 aliphatic heterocycles. The average Bonchev–Trinajstić information content (AvgIpc) is 3.28. The number of nitrogens with one attached hydrogen (secondary N) is 1. The molecule has 0 atom stereocenters. The molecule has 5 heterocycles. The lowest BCUT2D eigenvalue weighted by atomic mass is 9.72. The van der Waals surface area contributed by atoms with Crippen LogP contribution < -0.4 is 10.2 Å². The van der Waals surface area contributed by atoms with Crippen molar-refractivity contribution >= 4 is 28.3 Å². The van der Waals surface area contributed by atoms with E-state index in [1.807, 2.05) is 36.0 Å². The molecule has 8 heteroatoms. The van der Waals surface area contributed by atoms with Crippen LogP contribution >= 0.6 is 0 Å². The first kappa shape index (κ1) is 21.7. The summed E-state index contributed by atoms with van der Waals surface area (Å²) in [5, 5.41) is 4.98. The number of amides is 1. The van der Waals surface area contributed by atoms with Gasteiger partial charge in [-0.25, -0.2) is 15.0 Å². The number of imidazole rings is 1. The number of carbonyl (C=O) groups excluding carboxylic acids is 1. The zero-order chi connectivity index (χ0) is 24.0. The van der Waals surface area contributed by atoms with Crippen molar-refractivity contribution in [2.24, 2.45) is 12.5 Å². The molecule has 4 aromatic rings. The second-order valence-corrected chi connectivity index (χ2v) is 10.0. The van der Waals surface area contributed by atoms with Crippen LogP contribution in [0.5, 0.6) is 0 Å². The van der Waals surface area contributed by atoms with Crippen molar-refractivity contribution in [2.75, 3.05) is 43.4 Å². The molecular weight excluding hydrogens is 438 g/mol. The molecule has 35 heavy (non-hydrogen) atoms. The van der Waals surface area contributed by atoms with Crippen molar-refractivity contribution in [1.82, 2.24) is 24.4 Å². The molecule has 1 N–H and O–H groups in total. The van der Waals surface area contributed by atoms with E-state index in [1.54, 1.807) is 24.8 Å². The molecule has 0 saturated carbocycles. The van der Waals surface area contributed by atoms with E-state index >= 15 is 0 Å². The highest BCUT2D eigenvalue weighted by Gasteiger charge is 2.44. The molecule has 1 spiro atoms. The number of hydrogen-bond acceptors (Lipinski definition) is 6. The van der Waals surface area contributed by atoms with Crippen LogP contribution in [0.2, 0.25) is 0 Å². The lowest BCUT2D eigenvalue weighted by Gasteiger charge is -2.54. The van der Waals surface area contributed by atoms with Crippen LogP contribution in [0.15, 0.2) is 61.3 Å². The number of nitrogens with zero attached hydrogens (tertiary/aromatic N) is 6. The number of aromatic nitrogens is 4. The highest BCUT2D eigenvalue weighted by molar-refractivity contribution is 6.05. The van der Waals surface area contributed by atoms with Gasteiger partial charge in [0.05, 0.1) is 18.2 Å². The normalized spacial score (nSPS) is 17.5. The van der Waals surface area contributed by atoms with Gasteiger partial charge in [-0.05, 0) is 62.6 Å². The Bertz CT molecular complexity index is 1400. The molecule has 1 aromatic carbocycles. The van der Waals surface area contributed by atoms with Gasteiger partial charge in [-0.2, -0.15) is 0 Å². The van der Waals surface area contributed by atoms with Crippen molar-refractivity contribution in [3.05, 3.63) is 66.9 Å². The molecule has 2 saturated heterocycles. The Kier molecular flexibility index (Phi) is 5.25. The molecule has 0 radical (unpaired) electrons. The number of aryl methyl sites for hydroxylation is 1. The van der Waals surface area contributed by atoms with Crippen molar-refractivity contribution < 1.29 is 4.79 Å². The van der Waals surface area contributed by atoms with E-state index in [0.717, 1.165) is 54.0 Å². The molecule has 178 valence electrons. The average molecular weight is 468 g/mol. The topological polar surface area (TPSA) is 79.2 Å². The number of hydrogen-bond donors (Lipinski definition) is 1. The molecule has 0 unspecified atom stereocenters. The lowest BCUT2D eigenvalue weighted by molar-refractivity contribution is 0.0900. The van der Waals surface area contributed by atoms with E-state index in [4.69, 9.17) is 0 Å². The van der Waals surface area contributed by atoms with Gasteiger partial charge in [-0.15, -0.1) is 0 Å². The third-order valence-corrected chi connectivity index (χ3v) is 7.51. The predicted octanol–water partition coefficient (Wildman–Crippen LogP) is 3.81. The van der Waals surface area contributed by atoms with Gasteiger partial charge in [0.1, 0.15) is 11.6 Å². The van der Waals surface area contributed by atoms with Gasteiger partial charge in [0, 0.05) is 54.5 Å². The van der Waals surface area contributed by atoms with Crippen LogP contribution in [0, 0.1) is 5.41 Å². The van der Waals surface area contributed by atoms with Crippen LogP contribution in [0.1, 0.15) is 23.2 Å². The van der Waals surface area contributed by atoms with Gasteiger partial charge < -0.3 is 19.7 Å². The van der Waals surface area contributed by atoms with Crippen LogP contribution in [0.4, 0.5) is 11.6 Å². The van der Waals surface area contributed by atoms with Crippen molar-refractivity contribution in [3.8, 4) is 11.3 Å². The second kappa shape index (κ2) is 8.46. The Morgan fingerprint density at radius 3 is 2.57 bits per heavy atom. The van der Waals surface area contributed by atoms with Crippen LogP contribution in [0.3, 0.4) is 0 Å². The van der Waals surface area contributed by atoms with E-state index in [2.05, 4.69) is 49.2 Å². The van der Waals surface area contributed by atoms with E-state index < -0.39 is 0 Å². The van der Waals surface area contributed by atoms with Crippen molar-refractivity contribution in [3.63, 3.8) is 0 Å². The summed E-state index contributed by atoms with van der Waals surface area (Å²) < 4.78 is 1.98. The quantitative estimate of drug-likeness (QED) is 0.492. The Hall–Kier alpha value is -3.78. The number of anilines is 2. The first-order valence-corrected chi connectivity index (χ1v) is 12.1. The standard InChI is InChI=1S/C27H29N7O/c1-32-9-6-27(7-10-32)16-34(17-27)25-13-20(5-8-29-25)26(35)31-24-12-22-11-19(3-4-21(22)14-30-24)23-15-28-18-33(23)2/h3-5,8,11-15,18H,6-7,9-10,16-17H2,1-2H3,(H,30,31,35). The van der Waals surface area contributed by atoms with Crippen LogP contribution in [-0.2, 0) is 7.05 Å². The number of pyridine rings is 2. The summed E-state index contributed by atoms with van der Waals surface area (Å²) >= 11 is 0. The predicted molar refractivity (Wildman–Crippen MR) is 138 cm³/mol. The van der Waals surface area contributed by atoms with Crippen molar-refractivity contribution in [2.45, 2.75) is 12.8 Å². The fraction of sp³-hybridized carbons (Fsp3) is 0.333. The van der Waals surface area contributed by atoms with Crippen LogP contribution in [0.25, 0.3) is 22.0 Å². The Morgan fingerprint density at radius 1 is 0.971 bits per heavy atom. The number of rotatable bonds is 4. The Labute approximate surface area is 204 Å². The summed E-state index contributed by atoms with van der Waals surface area (Å²) in [5.74, 6) is 1.21. The molecule has 3 aromatic heterocycles. The molecule has 2 aliphatic rings. The third-order valence-electron chi connectivity index (χ3n) is 7.51. The second-order valence-electron chi connectivity index (χ2n) is 10.0. The van der Waals surface area contributed by atoms with Gasteiger partial charge in [0.2, 0.25) is 0 Å². The molecule has 8 nitrogen and oxygen atoms in total. The Morgan fingerprint density at radius 2 is 1.80 bits per heavy atom. The molecule has 2 fully saturated rings. The van der Waals surface area contributed by atoms with Gasteiger partial charge in [-0.1, -0.05) is 12.1 Å². The van der Waals surface area contributed by atoms with E-state index in [0.29, 0.717) is 16.8 Å². The van der Waals surface area contributed by atoms with E-state index in [9.17, 15) is 4.79 Å². The maximum Gasteiger partial charge on any atom is 0.257 e. The van der Waals surface area contributed by atoms with E-state index in [1.165, 1.54) is 12.8 Å². The smallest absolute Gasteiger partial charge is 0.257 e. The van der Waals surface area contributed by atoms with E-state index in [-0.39, 0.29) is 5.91 Å². The lowest BCUT2D eigenvalue weighted by Crippen LogP contribution is -2.60. The molecular formula is C27H29N7O. The molecule has 6 rings (SSSR count). The number of fused-ring (bicyclic) bond motifs is 1. The first-order valence-electron chi connectivity index (χ1n) is 12.1. The minimum atomic E-state index is -0.183. The fourth-order valence-electron chi connectivity index (χ4n) is 5.26. The summed E-state index contributed by atoms with van der Waals surface area (Å²) in [5.41, 5.74) is 3.10. The number of carbonyl (C=O) groups is 1.